The van der Waals surface area contributed by atoms with Gasteiger partial charge < -0.3 is 4.74 Å². The van der Waals surface area contributed by atoms with E-state index < -0.39 is 0 Å². The lowest BCUT2D eigenvalue weighted by Gasteiger charge is -2.11. The van der Waals surface area contributed by atoms with Crippen LogP contribution >= 0.6 is 11.6 Å². The van der Waals surface area contributed by atoms with Crippen LogP contribution in [0.5, 0.6) is 5.75 Å². The van der Waals surface area contributed by atoms with Gasteiger partial charge in [-0.2, -0.15) is 10.2 Å². The topological polar surface area (TPSA) is 61.9 Å². The predicted octanol–water partition coefficient (Wildman–Crippen LogP) is 4.15. The van der Waals surface area contributed by atoms with Gasteiger partial charge in [0.2, 0.25) is 0 Å². The Bertz CT molecular complexity index is 1060. The summed E-state index contributed by atoms with van der Waals surface area (Å²) >= 11 is 6.26. The Balaban J connectivity index is 1.87. The fourth-order valence-electron chi connectivity index (χ4n) is 3.02. The van der Waals surface area contributed by atoms with Crippen LogP contribution < -0.4 is 4.74 Å². The van der Waals surface area contributed by atoms with Crippen molar-refractivity contribution in [1.82, 2.24) is 19.6 Å². The first-order chi connectivity index (χ1) is 13.3. The zero-order valence-corrected chi connectivity index (χ0v) is 17.4. The van der Waals surface area contributed by atoms with Gasteiger partial charge in [0.25, 0.3) is 0 Å². The molecular formula is C21H23ClN4O2. The molecular weight excluding hydrogens is 376 g/mol. The number of halogens is 1. The minimum Gasteiger partial charge on any atom is -0.496 e. The van der Waals surface area contributed by atoms with E-state index in [0.29, 0.717) is 17.1 Å². The van der Waals surface area contributed by atoms with Crippen LogP contribution in [-0.4, -0.2) is 32.5 Å². The number of aryl methyl sites for hydroxylation is 2. The average molecular weight is 399 g/mol. The molecule has 0 aliphatic rings. The minimum absolute atomic E-state index is 0.0757. The van der Waals surface area contributed by atoms with Crippen LogP contribution in [0, 0.1) is 20.8 Å². The predicted molar refractivity (Wildman–Crippen MR) is 110 cm³/mol. The first kappa shape index (κ1) is 19.9. The number of hydrogen-bond donors (Lipinski definition) is 0. The summed E-state index contributed by atoms with van der Waals surface area (Å²) in [5, 5.41) is 9.28. The van der Waals surface area contributed by atoms with Crippen LogP contribution in [-0.2, 0) is 13.6 Å². The summed E-state index contributed by atoms with van der Waals surface area (Å²) in [4.78, 5) is 12.4. The summed E-state index contributed by atoms with van der Waals surface area (Å²) in [6.07, 6.45) is 4.95. The van der Waals surface area contributed by atoms with Gasteiger partial charge in [0.05, 0.1) is 41.8 Å². The molecule has 0 radical (unpaired) electrons. The quantitative estimate of drug-likeness (QED) is 0.462. The van der Waals surface area contributed by atoms with Crippen molar-refractivity contribution in [2.75, 3.05) is 7.11 Å². The van der Waals surface area contributed by atoms with E-state index in [9.17, 15) is 4.79 Å². The van der Waals surface area contributed by atoms with Crippen LogP contribution in [0.4, 0.5) is 0 Å². The van der Waals surface area contributed by atoms with E-state index in [0.717, 1.165) is 34.0 Å². The average Bonchev–Trinajstić information content (AvgIpc) is 3.14. The molecule has 0 aliphatic carbocycles. The molecule has 146 valence electrons. The van der Waals surface area contributed by atoms with E-state index >= 15 is 0 Å². The van der Waals surface area contributed by atoms with E-state index in [4.69, 9.17) is 16.3 Å². The third kappa shape index (κ3) is 3.87. The maximum absolute atomic E-state index is 12.4. The van der Waals surface area contributed by atoms with Gasteiger partial charge in [0.15, 0.2) is 5.78 Å². The third-order valence-corrected chi connectivity index (χ3v) is 5.39. The van der Waals surface area contributed by atoms with E-state index in [1.165, 1.54) is 0 Å². The van der Waals surface area contributed by atoms with Gasteiger partial charge >= 0.3 is 0 Å². The Kier molecular flexibility index (Phi) is 5.70. The number of rotatable bonds is 6. The number of aromatic nitrogens is 4. The van der Waals surface area contributed by atoms with E-state index in [2.05, 4.69) is 10.2 Å². The molecule has 3 aromatic rings. The Hall–Kier alpha value is -2.86. The Morgan fingerprint density at radius 1 is 1.25 bits per heavy atom. The molecule has 1 aromatic carbocycles. The highest BCUT2D eigenvalue weighted by molar-refractivity contribution is 6.31. The SMILES string of the molecule is COc1ccc(C=CC(=O)c2cnn(C)c2C)cc1Cn1nc(C)c(Cl)c1C. The molecule has 0 N–H and O–H groups in total. The molecule has 0 unspecified atom stereocenters. The summed E-state index contributed by atoms with van der Waals surface area (Å²) in [7, 11) is 3.45. The van der Waals surface area contributed by atoms with Gasteiger partial charge in [-0.1, -0.05) is 23.7 Å². The van der Waals surface area contributed by atoms with Crippen molar-refractivity contribution >= 4 is 23.5 Å². The maximum atomic E-state index is 12.4. The van der Waals surface area contributed by atoms with E-state index in [1.807, 2.05) is 50.7 Å². The molecule has 0 spiro atoms. The van der Waals surface area contributed by atoms with Crippen molar-refractivity contribution in [2.45, 2.75) is 27.3 Å². The first-order valence-corrected chi connectivity index (χ1v) is 9.27. The molecule has 0 amide bonds. The lowest BCUT2D eigenvalue weighted by Crippen LogP contribution is -2.06. The summed E-state index contributed by atoms with van der Waals surface area (Å²) in [6.45, 7) is 6.22. The first-order valence-electron chi connectivity index (χ1n) is 8.89. The summed E-state index contributed by atoms with van der Waals surface area (Å²) in [5.41, 5.74) is 5.00. The molecule has 0 fully saturated rings. The minimum atomic E-state index is -0.0757. The van der Waals surface area contributed by atoms with E-state index in [1.54, 1.807) is 30.1 Å². The lowest BCUT2D eigenvalue weighted by atomic mass is 10.1. The van der Waals surface area contributed by atoms with E-state index in [-0.39, 0.29) is 5.78 Å². The largest absolute Gasteiger partial charge is 0.496 e. The highest BCUT2D eigenvalue weighted by Gasteiger charge is 2.13. The monoisotopic (exact) mass is 398 g/mol. The van der Waals surface area contributed by atoms with Crippen LogP contribution in [0.15, 0.2) is 30.5 Å². The molecule has 3 rings (SSSR count). The van der Waals surface area contributed by atoms with Gasteiger partial charge in [-0.15, -0.1) is 0 Å². The molecule has 2 aromatic heterocycles. The molecule has 0 saturated heterocycles. The van der Waals surface area contributed by atoms with Crippen molar-refractivity contribution in [3.05, 3.63) is 69.3 Å². The molecule has 0 atom stereocenters. The van der Waals surface area contributed by atoms with Crippen LogP contribution in [0.25, 0.3) is 6.08 Å². The van der Waals surface area contributed by atoms with Gasteiger partial charge in [0.1, 0.15) is 5.75 Å². The Morgan fingerprint density at radius 2 is 2.00 bits per heavy atom. The second-order valence-corrected chi connectivity index (χ2v) is 7.06. The lowest BCUT2D eigenvalue weighted by molar-refractivity contribution is 0.104. The highest BCUT2D eigenvalue weighted by Crippen LogP contribution is 2.25. The molecule has 0 saturated carbocycles. The fourth-order valence-corrected chi connectivity index (χ4v) is 3.15. The molecule has 28 heavy (non-hydrogen) atoms. The zero-order chi connectivity index (χ0) is 20.4. The van der Waals surface area contributed by atoms with Gasteiger partial charge in [-0.05, 0) is 44.5 Å². The van der Waals surface area contributed by atoms with Crippen LogP contribution in [0.2, 0.25) is 5.02 Å². The molecule has 0 aliphatic heterocycles. The van der Waals surface area contributed by atoms with Gasteiger partial charge in [-0.3, -0.25) is 14.2 Å². The van der Waals surface area contributed by atoms with Gasteiger partial charge in [0, 0.05) is 18.3 Å². The molecule has 6 nitrogen and oxygen atoms in total. The number of carbonyl (C=O) groups excluding carboxylic acids is 1. The maximum Gasteiger partial charge on any atom is 0.189 e. The van der Waals surface area contributed by atoms with Crippen LogP contribution in [0.3, 0.4) is 0 Å². The number of hydrogen-bond acceptors (Lipinski definition) is 4. The normalized spacial score (nSPS) is 11.4. The number of ether oxygens (including phenoxy) is 1. The van der Waals surface area contributed by atoms with Gasteiger partial charge in [-0.25, -0.2) is 0 Å². The van der Waals surface area contributed by atoms with Crippen molar-refractivity contribution in [1.29, 1.82) is 0 Å². The number of methoxy groups -OCH3 is 1. The standard InChI is InChI=1S/C21H23ClN4O2/c1-13-21(22)15(3)26(24-13)12-17-10-16(7-9-20(17)28-5)6-8-19(27)18-11-23-25(4)14(18)2/h6-11H,12H2,1-5H3. The summed E-state index contributed by atoms with van der Waals surface area (Å²) < 4.78 is 9.03. The smallest absolute Gasteiger partial charge is 0.189 e. The molecule has 7 heteroatoms. The number of nitrogens with zero attached hydrogens (tertiary/aromatic N) is 4. The Labute approximate surface area is 169 Å². The van der Waals surface area contributed by atoms with Crippen molar-refractivity contribution in [2.24, 2.45) is 7.05 Å². The van der Waals surface area contributed by atoms with Crippen molar-refractivity contribution in [3.8, 4) is 5.75 Å². The third-order valence-electron chi connectivity index (χ3n) is 4.85. The number of ketones is 1. The zero-order valence-electron chi connectivity index (χ0n) is 16.7. The number of allylic oxidation sites excluding steroid dienone is 1. The van der Waals surface area contributed by atoms with Crippen LogP contribution in [0.1, 0.15) is 38.6 Å². The number of carbonyl (C=O) groups is 1. The summed E-state index contributed by atoms with van der Waals surface area (Å²) in [5.74, 6) is 0.684. The fraction of sp³-hybridized carbons (Fsp3) is 0.286. The van der Waals surface area contributed by atoms with Crippen molar-refractivity contribution < 1.29 is 9.53 Å². The summed E-state index contributed by atoms with van der Waals surface area (Å²) in [6, 6.07) is 5.79. The second-order valence-electron chi connectivity index (χ2n) is 6.68. The van der Waals surface area contributed by atoms with Crippen molar-refractivity contribution in [3.63, 3.8) is 0 Å². The Morgan fingerprint density at radius 3 is 2.57 bits per heavy atom. The second kappa shape index (κ2) is 8.02. The highest BCUT2D eigenvalue weighted by atomic mass is 35.5. The number of benzene rings is 1. The molecule has 2 heterocycles. The molecule has 0 bridgehead atoms.